The Bertz CT molecular complexity index is 574. The van der Waals surface area contributed by atoms with Crippen LogP contribution in [0.5, 0.6) is 0 Å². The first-order valence-electron chi connectivity index (χ1n) is 8.03. The lowest BCUT2D eigenvalue weighted by molar-refractivity contribution is -0.132. The van der Waals surface area contributed by atoms with Crippen LogP contribution in [0.4, 0.5) is 5.82 Å². The number of ketones is 1. The maximum absolute atomic E-state index is 12.6. The summed E-state index contributed by atoms with van der Waals surface area (Å²) in [6, 6.07) is 6.49. The van der Waals surface area contributed by atoms with Crippen molar-refractivity contribution in [3.63, 3.8) is 0 Å². The smallest absolute Gasteiger partial charge is 0.250 e. The number of pyridine rings is 1. The van der Waals surface area contributed by atoms with E-state index < -0.39 is 17.9 Å². The third-order valence-electron chi connectivity index (χ3n) is 4.19. The van der Waals surface area contributed by atoms with Gasteiger partial charge in [-0.2, -0.15) is 5.26 Å². The lowest BCUT2D eigenvalue weighted by atomic mass is 9.98. The fourth-order valence-corrected chi connectivity index (χ4v) is 2.79. The van der Waals surface area contributed by atoms with Gasteiger partial charge in [-0.3, -0.25) is 14.5 Å². The first-order valence-corrected chi connectivity index (χ1v) is 8.03. The van der Waals surface area contributed by atoms with Crippen molar-refractivity contribution in [1.29, 1.82) is 5.26 Å². The van der Waals surface area contributed by atoms with Gasteiger partial charge in [0.05, 0.1) is 12.1 Å². The number of nitrogens with zero attached hydrogens (tertiary/aromatic N) is 3. The molecule has 2 unspecified atom stereocenters. The van der Waals surface area contributed by atoms with Crippen molar-refractivity contribution in [2.24, 2.45) is 5.92 Å². The molecule has 0 radical (unpaired) electrons. The zero-order valence-corrected chi connectivity index (χ0v) is 13.4. The number of nitrogens with one attached hydrogen (secondary N) is 1. The van der Waals surface area contributed by atoms with Gasteiger partial charge >= 0.3 is 0 Å². The number of carbonyl (C=O) groups is 2. The van der Waals surface area contributed by atoms with Gasteiger partial charge in [-0.25, -0.2) is 4.98 Å². The Morgan fingerprint density at radius 1 is 1.26 bits per heavy atom. The molecular formula is C17H22N4O2. The normalized spacial score (nSPS) is 18.3. The number of hydrogen-bond acceptors (Lipinski definition) is 5. The van der Waals surface area contributed by atoms with E-state index in [-0.39, 0.29) is 5.78 Å². The summed E-state index contributed by atoms with van der Waals surface area (Å²) < 4.78 is 0. The second-order valence-corrected chi connectivity index (χ2v) is 5.79. The third kappa shape index (κ3) is 4.60. The highest BCUT2D eigenvalue weighted by molar-refractivity contribution is 6.10. The first kappa shape index (κ1) is 17.1. The lowest BCUT2D eigenvalue weighted by Gasteiger charge is -2.27. The number of carbonyl (C=O) groups excluding carboxylic acids is 2. The highest BCUT2D eigenvalue weighted by atomic mass is 16.2. The zero-order valence-electron chi connectivity index (χ0n) is 13.4. The van der Waals surface area contributed by atoms with Crippen molar-refractivity contribution in [1.82, 2.24) is 9.88 Å². The van der Waals surface area contributed by atoms with Crippen LogP contribution in [-0.2, 0) is 9.59 Å². The van der Waals surface area contributed by atoms with Crippen molar-refractivity contribution >= 4 is 17.5 Å². The Morgan fingerprint density at radius 3 is 2.52 bits per heavy atom. The summed E-state index contributed by atoms with van der Waals surface area (Å²) >= 11 is 0. The average molecular weight is 314 g/mol. The number of aromatic nitrogens is 1. The Balaban J connectivity index is 2.02. The Kier molecular flexibility index (Phi) is 6.24. The first-order chi connectivity index (χ1) is 11.1. The van der Waals surface area contributed by atoms with E-state index in [9.17, 15) is 14.9 Å². The van der Waals surface area contributed by atoms with Crippen molar-refractivity contribution < 1.29 is 9.59 Å². The minimum absolute atomic E-state index is 0.341. The predicted octanol–water partition coefficient (Wildman–Crippen LogP) is 1.99. The van der Waals surface area contributed by atoms with E-state index in [1.807, 2.05) is 6.07 Å². The van der Waals surface area contributed by atoms with Crippen LogP contribution in [0.3, 0.4) is 0 Å². The van der Waals surface area contributed by atoms with Gasteiger partial charge in [0, 0.05) is 6.20 Å². The molecule has 1 aliphatic heterocycles. The quantitative estimate of drug-likeness (QED) is 0.840. The van der Waals surface area contributed by atoms with Crippen LogP contribution in [0.1, 0.15) is 32.6 Å². The predicted molar refractivity (Wildman–Crippen MR) is 86.5 cm³/mol. The molecule has 0 aromatic carbocycles. The van der Waals surface area contributed by atoms with Crippen LogP contribution in [-0.4, -0.2) is 40.7 Å². The molecule has 0 aliphatic carbocycles. The molecule has 6 heteroatoms. The summed E-state index contributed by atoms with van der Waals surface area (Å²) in [6.45, 7) is 3.46. The van der Waals surface area contributed by atoms with E-state index in [1.54, 1.807) is 31.3 Å². The van der Waals surface area contributed by atoms with Crippen LogP contribution in [0.25, 0.3) is 0 Å². The summed E-state index contributed by atoms with van der Waals surface area (Å²) in [5.74, 6) is -1.93. The molecular weight excluding hydrogens is 292 g/mol. The number of rotatable bonds is 5. The maximum atomic E-state index is 12.6. The SMILES string of the molecule is CC(C(=O)C(C#N)C(=O)Nc1ccccn1)N1CCCCCC1. The molecule has 0 spiro atoms. The molecule has 2 heterocycles. The van der Waals surface area contributed by atoms with Crippen molar-refractivity contribution in [3.8, 4) is 6.07 Å². The van der Waals surface area contributed by atoms with Gasteiger partial charge in [0.25, 0.3) is 5.91 Å². The van der Waals surface area contributed by atoms with Gasteiger partial charge in [0.1, 0.15) is 5.82 Å². The third-order valence-corrected chi connectivity index (χ3v) is 4.19. The molecule has 1 fully saturated rings. The van der Waals surface area contributed by atoms with E-state index in [1.165, 1.54) is 12.8 Å². The van der Waals surface area contributed by atoms with Gasteiger partial charge in [-0.15, -0.1) is 0 Å². The molecule has 1 saturated heterocycles. The minimum atomic E-state index is -1.31. The fourth-order valence-electron chi connectivity index (χ4n) is 2.79. The second-order valence-electron chi connectivity index (χ2n) is 5.79. The molecule has 1 aromatic heterocycles. The molecule has 23 heavy (non-hydrogen) atoms. The topological polar surface area (TPSA) is 86.1 Å². The van der Waals surface area contributed by atoms with Crippen LogP contribution in [0.15, 0.2) is 24.4 Å². The molecule has 1 aliphatic rings. The van der Waals surface area contributed by atoms with Gasteiger partial charge < -0.3 is 5.32 Å². The number of Topliss-reactive ketones (excluding diaryl/α,β-unsaturated/α-hetero) is 1. The molecule has 1 aromatic rings. The van der Waals surface area contributed by atoms with Gasteiger partial charge in [-0.1, -0.05) is 18.9 Å². The monoisotopic (exact) mass is 314 g/mol. The van der Waals surface area contributed by atoms with E-state index >= 15 is 0 Å². The standard InChI is InChI=1S/C17H22N4O2/c1-13(21-10-6-2-3-7-11-21)16(22)14(12-18)17(23)20-15-8-4-5-9-19-15/h4-5,8-9,13-14H,2-3,6-7,10-11H2,1H3,(H,19,20,23). The summed E-state index contributed by atoms with van der Waals surface area (Å²) in [5.41, 5.74) is 0. The molecule has 1 amide bonds. The lowest BCUT2D eigenvalue weighted by Crippen LogP contribution is -2.45. The van der Waals surface area contributed by atoms with Crippen LogP contribution in [0.2, 0.25) is 0 Å². The Labute approximate surface area is 136 Å². The minimum Gasteiger partial charge on any atom is -0.309 e. The number of anilines is 1. The molecule has 2 rings (SSSR count). The highest BCUT2D eigenvalue weighted by Crippen LogP contribution is 2.16. The number of hydrogen-bond donors (Lipinski definition) is 1. The van der Waals surface area contributed by atoms with Crippen molar-refractivity contribution in [2.45, 2.75) is 38.6 Å². The molecule has 0 bridgehead atoms. The van der Waals surface area contributed by atoms with Crippen molar-refractivity contribution in [3.05, 3.63) is 24.4 Å². The molecule has 6 nitrogen and oxygen atoms in total. The fraction of sp³-hybridized carbons (Fsp3) is 0.529. The summed E-state index contributed by atoms with van der Waals surface area (Å²) in [5, 5.41) is 11.8. The van der Waals surface area contributed by atoms with E-state index in [4.69, 9.17) is 0 Å². The summed E-state index contributed by atoms with van der Waals surface area (Å²) in [4.78, 5) is 30.9. The van der Waals surface area contributed by atoms with Gasteiger partial charge in [0.15, 0.2) is 11.7 Å². The van der Waals surface area contributed by atoms with Crippen LogP contribution in [0, 0.1) is 17.2 Å². The van der Waals surface area contributed by atoms with Gasteiger partial charge in [-0.05, 0) is 45.0 Å². The number of likely N-dealkylation sites (tertiary alicyclic amines) is 1. The highest BCUT2D eigenvalue weighted by Gasteiger charge is 2.33. The summed E-state index contributed by atoms with van der Waals surface area (Å²) in [7, 11) is 0. The van der Waals surface area contributed by atoms with Gasteiger partial charge in [0.2, 0.25) is 0 Å². The average Bonchev–Trinajstić information content (AvgIpc) is 2.85. The van der Waals surface area contributed by atoms with Crippen LogP contribution < -0.4 is 5.32 Å². The molecule has 122 valence electrons. The number of nitriles is 1. The Hall–Kier alpha value is -2.26. The molecule has 0 saturated carbocycles. The second kappa shape index (κ2) is 8.39. The van der Waals surface area contributed by atoms with Crippen LogP contribution >= 0.6 is 0 Å². The maximum Gasteiger partial charge on any atom is 0.250 e. The molecule has 2 atom stereocenters. The van der Waals surface area contributed by atoms with E-state index in [0.717, 1.165) is 25.9 Å². The Morgan fingerprint density at radius 2 is 1.96 bits per heavy atom. The summed E-state index contributed by atoms with van der Waals surface area (Å²) in [6.07, 6.45) is 5.97. The van der Waals surface area contributed by atoms with E-state index in [0.29, 0.717) is 5.82 Å². The van der Waals surface area contributed by atoms with E-state index in [2.05, 4.69) is 15.2 Å². The zero-order chi connectivity index (χ0) is 16.7. The van der Waals surface area contributed by atoms with Crippen molar-refractivity contribution in [2.75, 3.05) is 18.4 Å². The number of amides is 1. The molecule has 1 N–H and O–H groups in total. The largest absolute Gasteiger partial charge is 0.309 e.